The van der Waals surface area contributed by atoms with Crippen LogP contribution in [-0.2, 0) is 19.7 Å². The molecule has 1 rings (SSSR count). The third-order valence-corrected chi connectivity index (χ3v) is 16.4. The first-order valence-corrected chi connectivity index (χ1v) is 10.5. The van der Waals surface area contributed by atoms with Gasteiger partial charge in [-0.3, -0.25) is 4.55 Å². The van der Waals surface area contributed by atoms with Gasteiger partial charge in [-0.25, -0.2) is 0 Å². The Hall–Kier alpha value is 2.70. The van der Waals surface area contributed by atoms with Crippen LogP contribution in [0, 0.1) is 0 Å². The van der Waals surface area contributed by atoms with E-state index >= 15 is 0 Å². The minimum absolute atomic E-state index is 0. The van der Waals surface area contributed by atoms with Crippen LogP contribution < -0.4 is 47.9 Å². The molecule has 0 heterocycles. The fourth-order valence-electron chi connectivity index (χ4n) is 1.71. The molecule has 14 heteroatoms. The number of carbonyl (C=O) groups excluding carboxylic acids is 2. The van der Waals surface area contributed by atoms with Gasteiger partial charge in [0, 0.05) is 0 Å². The van der Waals surface area contributed by atoms with Crippen LogP contribution in [0.2, 0.25) is 0 Å². The van der Waals surface area contributed by atoms with E-state index in [4.69, 9.17) is 0 Å². The van der Waals surface area contributed by atoms with E-state index in [0.717, 1.165) is 6.08 Å². The second kappa shape index (κ2) is 8.60. The second-order valence-electron chi connectivity index (χ2n) is 3.83. The molecule has 22 heavy (non-hydrogen) atoms. The molecule has 4 atom stereocenters. The molecule has 0 saturated heterocycles. The monoisotopic (exact) mass is 766 g/mol. The standard InChI is InChI=1S/C8H6I4O7S.2Li/c9-3-1-2-6(10,4(13)14)7(11,5(15)16)8(3,12)20(17,18)19;;/h1-3H,(H,13,14)(H,15,16)(H,17,18,19);;/q;2*+1/p-2. The zero-order chi connectivity index (χ0) is 16.1. The van der Waals surface area contributed by atoms with Gasteiger partial charge in [0.05, 0.1) is 15.9 Å². The predicted octanol–water partition coefficient (Wildman–Crippen LogP) is -6.77. The number of carboxylic acids is 2. The summed E-state index contributed by atoms with van der Waals surface area (Å²) in [5.74, 6) is -3.71. The number of halogens is 4. The van der Waals surface area contributed by atoms with E-state index in [9.17, 15) is 32.8 Å². The Morgan fingerprint density at radius 2 is 1.50 bits per heavy atom. The average Bonchev–Trinajstić information content (AvgIpc) is 2.29. The van der Waals surface area contributed by atoms with Gasteiger partial charge in [-0.1, -0.05) is 103 Å². The Bertz CT molecular complexity index is 614. The minimum atomic E-state index is -4.93. The first-order valence-electron chi connectivity index (χ1n) is 4.57. The average molecular weight is 766 g/mol. The number of hydrogen-bond acceptors (Lipinski definition) is 6. The van der Waals surface area contributed by atoms with Crippen molar-refractivity contribution in [2.24, 2.45) is 0 Å². The van der Waals surface area contributed by atoms with Crippen molar-refractivity contribution in [3.63, 3.8) is 0 Å². The summed E-state index contributed by atoms with van der Waals surface area (Å²) < 4.78 is 25.0. The molecule has 114 valence electrons. The normalized spacial score (nSPS) is 37.6. The Labute approximate surface area is 205 Å². The maximum absolute atomic E-state index is 11.7. The van der Waals surface area contributed by atoms with Crippen molar-refractivity contribution in [2.45, 2.75) is 13.5 Å². The predicted molar refractivity (Wildman–Crippen MR) is 98.8 cm³/mol. The maximum Gasteiger partial charge on any atom is 1.00 e. The van der Waals surface area contributed by atoms with Crippen LogP contribution in [0.3, 0.4) is 0 Å². The largest absolute Gasteiger partial charge is 1.00 e. The summed E-state index contributed by atoms with van der Waals surface area (Å²) in [6, 6.07) is 0. The van der Waals surface area contributed by atoms with Crippen molar-refractivity contribution in [1.29, 1.82) is 0 Å². The van der Waals surface area contributed by atoms with E-state index < -0.39 is 35.6 Å². The first kappa shape index (κ1) is 26.9. The molecule has 7 nitrogen and oxygen atoms in total. The van der Waals surface area contributed by atoms with Gasteiger partial charge in [0.15, 0.2) is 2.75 Å². The van der Waals surface area contributed by atoms with Crippen LogP contribution >= 0.6 is 90.4 Å². The summed E-state index contributed by atoms with van der Waals surface area (Å²) in [4.78, 5) is 22.9. The van der Waals surface area contributed by atoms with Gasteiger partial charge >= 0.3 is 37.7 Å². The number of aliphatic carboxylic acids is 2. The van der Waals surface area contributed by atoms with Crippen molar-refractivity contribution in [2.75, 3.05) is 0 Å². The molecule has 0 saturated carbocycles. The molecule has 1 N–H and O–H groups in total. The van der Waals surface area contributed by atoms with Crippen LogP contribution in [0.25, 0.3) is 0 Å². The molecular formula is C8H4I4Li2O7S. The van der Waals surface area contributed by atoms with Gasteiger partial charge in [0.2, 0.25) is 0 Å². The van der Waals surface area contributed by atoms with Crippen molar-refractivity contribution < 1.29 is 70.5 Å². The van der Waals surface area contributed by atoms with Crippen LogP contribution in [0.1, 0.15) is 0 Å². The van der Waals surface area contributed by atoms with Crippen molar-refractivity contribution in [1.82, 2.24) is 0 Å². The number of carbonyl (C=O) groups is 2. The van der Waals surface area contributed by atoms with E-state index in [0.29, 0.717) is 0 Å². The van der Waals surface area contributed by atoms with Gasteiger partial charge < -0.3 is 19.8 Å². The Balaban J connectivity index is 0. The van der Waals surface area contributed by atoms with Crippen LogP contribution in [-0.4, -0.2) is 38.4 Å². The van der Waals surface area contributed by atoms with Crippen LogP contribution in [0.4, 0.5) is 0 Å². The molecule has 0 bridgehead atoms. The molecule has 1 aliphatic carbocycles. The van der Waals surface area contributed by atoms with E-state index in [2.05, 4.69) is 0 Å². The van der Waals surface area contributed by atoms with E-state index in [1.807, 2.05) is 0 Å². The molecule has 1 aliphatic rings. The summed E-state index contributed by atoms with van der Waals surface area (Å²) in [7, 11) is -4.93. The summed E-state index contributed by atoms with van der Waals surface area (Å²) >= 11 is 5.36. The van der Waals surface area contributed by atoms with Gasteiger partial charge in [0.25, 0.3) is 10.1 Å². The second-order valence-corrected chi connectivity index (χ2v) is 12.5. The van der Waals surface area contributed by atoms with Gasteiger partial charge in [-0.15, -0.1) is 0 Å². The Kier molecular flexibility index (Phi) is 10.5. The van der Waals surface area contributed by atoms with Crippen molar-refractivity contribution >= 4 is 112 Å². The van der Waals surface area contributed by atoms with Gasteiger partial charge in [0.1, 0.15) is 6.84 Å². The fraction of sp³-hybridized carbons (Fsp3) is 0.500. The number of allylic oxidation sites excluding steroid dienone is 1. The molecule has 0 fully saturated rings. The molecule has 0 radical (unpaired) electrons. The zero-order valence-electron chi connectivity index (χ0n) is 11.0. The Morgan fingerprint density at radius 3 is 1.77 bits per heavy atom. The number of hydrogen-bond donors (Lipinski definition) is 1. The topological polar surface area (TPSA) is 135 Å². The number of carboxylic acid groups (broad SMARTS) is 2. The van der Waals surface area contributed by atoms with E-state index in [-0.39, 0.29) is 37.7 Å². The Morgan fingerprint density at radius 1 is 1.09 bits per heavy atom. The molecule has 0 aromatic rings. The van der Waals surface area contributed by atoms with Crippen LogP contribution in [0.5, 0.6) is 0 Å². The number of alkyl halides is 4. The summed E-state index contributed by atoms with van der Waals surface area (Å²) in [5.41, 5.74) is 0. The van der Waals surface area contributed by atoms with Crippen molar-refractivity contribution in [3.05, 3.63) is 12.2 Å². The SMILES string of the molecule is O=C([O-])C1(I)C=CC(I)C(I)(S(=O)(=O)O)C1(I)C(=O)[O-].[Li+].[Li+]. The fourth-order valence-corrected chi connectivity index (χ4v) is 8.88. The molecule has 0 aromatic carbocycles. The zero-order valence-corrected chi connectivity index (χ0v) is 20.5. The molecule has 4 unspecified atom stereocenters. The van der Waals surface area contributed by atoms with Crippen LogP contribution in [0.15, 0.2) is 12.2 Å². The summed E-state index contributed by atoms with van der Waals surface area (Å²) in [6.45, 7) is 0. The molecule has 0 aliphatic heterocycles. The van der Waals surface area contributed by atoms with Gasteiger partial charge in [-0.05, 0) is 0 Å². The smallest absolute Gasteiger partial charge is 0.549 e. The molecule has 0 amide bonds. The van der Waals surface area contributed by atoms with Crippen molar-refractivity contribution in [3.8, 4) is 0 Å². The first-order chi connectivity index (χ1) is 8.76. The molecule has 0 aromatic heterocycles. The third kappa shape index (κ3) is 3.71. The van der Waals surface area contributed by atoms with E-state index in [1.165, 1.54) is 73.8 Å². The summed E-state index contributed by atoms with van der Waals surface area (Å²) in [5, 5.41) is 22.9. The third-order valence-electron chi connectivity index (χ3n) is 2.77. The molecule has 0 spiro atoms. The maximum atomic E-state index is 11.7. The molecular weight excluding hydrogens is 762 g/mol. The summed E-state index contributed by atoms with van der Waals surface area (Å²) in [6.07, 6.45) is 2.26. The minimum Gasteiger partial charge on any atom is -0.549 e. The number of rotatable bonds is 3. The van der Waals surface area contributed by atoms with Gasteiger partial charge in [-0.2, -0.15) is 8.42 Å². The quantitative estimate of drug-likeness (QED) is 0.0994. The van der Waals surface area contributed by atoms with E-state index in [1.54, 1.807) is 22.6 Å².